The largest absolute Gasteiger partial charge is 0.507 e. The summed E-state index contributed by atoms with van der Waals surface area (Å²) in [6.07, 6.45) is 6.58. The van der Waals surface area contributed by atoms with Crippen molar-refractivity contribution in [2.24, 2.45) is 4.99 Å². The van der Waals surface area contributed by atoms with E-state index in [0.29, 0.717) is 49.0 Å². The minimum absolute atomic E-state index is 0.0215. The van der Waals surface area contributed by atoms with E-state index in [1.54, 1.807) is 11.9 Å². The number of phenols is 1. The van der Waals surface area contributed by atoms with Gasteiger partial charge in [0.2, 0.25) is 12.8 Å². The Morgan fingerprint density at radius 2 is 1.76 bits per heavy atom. The summed E-state index contributed by atoms with van der Waals surface area (Å²) in [5.41, 5.74) is 1.30. The third kappa shape index (κ3) is 4.94. The van der Waals surface area contributed by atoms with Crippen molar-refractivity contribution >= 4 is 30.2 Å². The van der Waals surface area contributed by atoms with E-state index in [1.165, 1.54) is 29.4 Å². The number of piperazine rings is 1. The van der Waals surface area contributed by atoms with E-state index in [1.807, 2.05) is 11.8 Å². The second-order valence-corrected chi connectivity index (χ2v) is 11.0. The minimum atomic E-state index is -0.894. The van der Waals surface area contributed by atoms with E-state index in [9.17, 15) is 14.7 Å². The molecule has 2 aromatic heterocycles. The van der Waals surface area contributed by atoms with Crippen LogP contribution in [0.2, 0.25) is 0 Å². The van der Waals surface area contributed by atoms with E-state index in [4.69, 9.17) is 0 Å². The van der Waals surface area contributed by atoms with Crippen LogP contribution in [0.1, 0.15) is 61.4 Å². The van der Waals surface area contributed by atoms with Crippen LogP contribution in [-0.2, 0) is 9.59 Å². The Balaban J connectivity index is 1.58. The number of carbonyl (C=O) groups is 2. The number of amides is 2. The predicted molar refractivity (Wildman–Crippen MR) is 152 cm³/mol. The molecule has 3 heterocycles. The lowest BCUT2D eigenvalue weighted by Crippen LogP contribution is -2.54. The molecule has 0 radical (unpaired) electrons. The molecule has 3 aliphatic rings. The van der Waals surface area contributed by atoms with Crippen molar-refractivity contribution in [2.45, 2.75) is 50.5 Å². The normalized spacial score (nSPS) is 19.1. The quantitative estimate of drug-likeness (QED) is 0.244. The number of hydrogen-bond donors (Lipinski definition) is 1. The fourth-order valence-corrected chi connectivity index (χ4v) is 5.72. The van der Waals surface area contributed by atoms with Crippen LogP contribution in [0.25, 0.3) is 11.3 Å². The maximum atomic E-state index is 16.0. The van der Waals surface area contributed by atoms with Gasteiger partial charge in [-0.1, -0.05) is 6.07 Å². The fourth-order valence-electron chi connectivity index (χ4n) is 5.72. The Bertz CT molecular complexity index is 1520. The van der Waals surface area contributed by atoms with Gasteiger partial charge in [-0.15, -0.1) is 0 Å². The topological polar surface area (TPSA) is 115 Å². The number of aliphatic imine (C=N–C) groups is 1. The maximum Gasteiger partial charge on any atom is 0.220 e. The van der Waals surface area contributed by atoms with Gasteiger partial charge >= 0.3 is 0 Å². The van der Waals surface area contributed by atoms with E-state index in [2.05, 4.69) is 19.9 Å². The Kier molecular flexibility index (Phi) is 7.29. The number of amidine groups is 1. The highest BCUT2D eigenvalue weighted by Gasteiger charge is 2.39. The Hall–Kier alpha value is -4.48. The fraction of sp³-hybridized carbons (Fsp3) is 0.400. The van der Waals surface area contributed by atoms with Gasteiger partial charge in [0.1, 0.15) is 29.4 Å². The summed E-state index contributed by atoms with van der Waals surface area (Å²) in [5.74, 6) is -1.55. The summed E-state index contributed by atoms with van der Waals surface area (Å²) >= 11 is 0. The van der Waals surface area contributed by atoms with Gasteiger partial charge in [0.25, 0.3) is 0 Å². The first-order chi connectivity index (χ1) is 20.4. The van der Waals surface area contributed by atoms with Crippen LogP contribution in [0, 0.1) is 11.6 Å². The summed E-state index contributed by atoms with van der Waals surface area (Å²) < 4.78 is 31.0. The summed E-state index contributed by atoms with van der Waals surface area (Å²) in [7, 11) is 1.56. The number of carbonyl (C=O) groups excluding carboxylic acids is 2. The molecule has 12 heteroatoms. The summed E-state index contributed by atoms with van der Waals surface area (Å²) in [6, 6.07) is 4.67. The third-order valence-electron chi connectivity index (χ3n) is 8.10. The molecule has 1 aliphatic heterocycles. The van der Waals surface area contributed by atoms with Crippen molar-refractivity contribution in [3.8, 4) is 17.0 Å². The van der Waals surface area contributed by atoms with Gasteiger partial charge in [0, 0.05) is 44.6 Å². The summed E-state index contributed by atoms with van der Waals surface area (Å²) in [6.45, 7) is 3.20. The number of aromatic nitrogens is 3. The zero-order valence-corrected chi connectivity index (χ0v) is 23.4. The van der Waals surface area contributed by atoms with Crippen LogP contribution in [0.4, 0.5) is 20.3 Å². The molecular weight excluding hydrogens is 544 g/mol. The number of aromatic hydroxyl groups is 1. The Morgan fingerprint density at radius 1 is 1.07 bits per heavy atom. The standard InChI is InChI=1S/C30H31F2N7O3/c1-17-13-37(15-40)10-11-38(17)29(33-2)20-12-22(32)27(24-21(31)4-3-5-23(24)42)36-30(20)39(16-41)28-25(18-6-7-18)34-14-35-26(28)19-8-9-19/h3-5,12,14-19,42H,6-11,13H2,1-2H3/b33-29+. The van der Waals surface area contributed by atoms with Gasteiger partial charge in [0.15, 0.2) is 11.6 Å². The van der Waals surface area contributed by atoms with Crippen LogP contribution in [0.5, 0.6) is 5.75 Å². The molecule has 2 saturated carbocycles. The maximum absolute atomic E-state index is 16.0. The highest BCUT2D eigenvalue weighted by Crippen LogP contribution is 2.50. The smallest absolute Gasteiger partial charge is 0.220 e. The van der Waals surface area contributed by atoms with Gasteiger partial charge in [-0.2, -0.15) is 0 Å². The van der Waals surface area contributed by atoms with Crippen molar-refractivity contribution in [1.29, 1.82) is 0 Å². The van der Waals surface area contributed by atoms with Gasteiger partial charge < -0.3 is 14.9 Å². The van der Waals surface area contributed by atoms with Crippen LogP contribution in [0.3, 0.4) is 0 Å². The number of pyridine rings is 1. The van der Waals surface area contributed by atoms with E-state index in [-0.39, 0.29) is 29.3 Å². The average molecular weight is 576 g/mol. The van der Waals surface area contributed by atoms with E-state index < -0.39 is 28.6 Å². The molecule has 1 unspecified atom stereocenters. The van der Waals surface area contributed by atoms with Crippen molar-refractivity contribution in [2.75, 3.05) is 31.6 Å². The molecule has 2 amide bonds. The Labute approximate surface area is 241 Å². The number of halogens is 2. The number of phenolic OH excluding ortho intramolecular Hbond substituents is 1. The van der Waals surface area contributed by atoms with Crippen LogP contribution in [0.15, 0.2) is 35.6 Å². The second kappa shape index (κ2) is 11.1. The van der Waals surface area contributed by atoms with E-state index in [0.717, 1.165) is 38.2 Å². The molecule has 3 aromatic rings. The molecule has 6 rings (SSSR count). The number of hydrogen-bond acceptors (Lipinski definition) is 7. The van der Waals surface area contributed by atoms with Crippen molar-refractivity contribution in [3.05, 3.63) is 59.2 Å². The first-order valence-electron chi connectivity index (χ1n) is 14.1. The molecule has 10 nitrogen and oxygen atoms in total. The molecule has 1 saturated heterocycles. The molecule has 1 aromatic carbocycles. The number of nitrogens with zero attached hydrogens (tertiary/aromatic N) is 7. The first kappa shape index (κ1) is 27.7. The molecule has 2 aliphatic carbocycles. The molecule has 1 atom stereocenters. The van der Waals surface area contributed by atoms with Crippen molar-refractivity contribution in [3.63, 3.8) is 0 Å². The van der Waals surface area contributed by atoms with Crippen molar-refractivity contribution in [1.82, 2.24) is 24.8 Å². The number of rotatable bonds is 8. The van der Waals surface area contributed by atoms with Crippen LogP contribution in [-0.4, -0.2) is 81.2 Å². The van der Waals surface area contributed by atoms with Gasteiger partial charge in [0.05, 0.1) is 28.2 Å². The zero-order chi connectivity index (χ0) is 29.5. The third-order valence-corrected chi connectivity index (χ3v) is 8.10. The highest BCUT2D eigenvalue weighted by atomic mass is 19.1. The highest BCUT2D eigenvalue weighted by molar-refractivity contribution is 6.07. The van der Waals surface area contributed by atoms with Gasteiger partial charge in [-0.25, -0.2) is 23.7 Å². The van der Waals surface area contributed by atoms with Crippen molar-refractivity contribution < 1.29 is 23.5 Å². The molecule has 1 N–H and O–H groups in total. The minimum Gasteiger partial charge on any atom is -0.507 e. The Morgan fingerprint density at radius 3 is 2.31 bits per heavy atom. The van der Waals surface area contributed by atoms with Gasteiger partial charge in [-0.3, -0.25) is 19.5 Å². The van der Waals surface area contributed by atoms with Crippen LogP contribution < -0.4 is 4.90 Å². The molecule has 42 heavy (non-hydrogen) atoms. The van der Waals surface area contributed by atoms with E-state index >= 15 is 8.78 Å². The van der Waals surface area contributed by atoms with Gasteiger partial charge in [-0.05, 0) is 50.8 Å². The summed E-state index contributed by atoms with van der Waals surface area (Å²) in [4.78, 5) is 47.6. The first-order valence-corrected chi connectivity index (χ1v) is 14.1. The average Bonchev–Trinajstić information content (AvgIpc) is 3.90. The lowest BCUT2D eigenvalue weighted by Gasteiger charge is -2.40. The second-order valence-electron chi connectivity index (χ2n) is 11.0. The lowest BCUT2D eigenvalue weighted by atomic mass is 10.0. The lowest BCUT2D eigenvalue weighted by molar-refractivity contribution is -0.120. The monoisotopic (exact) mass is 575 g/mol. The SMILES string of the molecule is C/N=C(\c1cc(F)c(-c2c(O)cccc2F)nc1N(C=O)c1c(C2CC2)ncnc1C1CC1)N1CCN(C=O)CC1C. The summed E-state index contributed by atoms with van der Waals surface area (Å²) in [5, 5.41) is 10.5. The van der Waals surface area contributed by atoms with Crippen LogP contribution >= 0.6 is 0 Å². The molecule has 3 fully saturated rings. The molecular formula is C30H31F2N7O3. The molecule has 218 valence electrons. The number of benzene rings is 1. The molecule has 0 spiro atoms. The predicted octanol–water partition coefficient (Wildman–Crippen LogP) is 4.11. The molecule has 0 bridgehead atoms. The number of anilines is 2. The zero-order valence-electron chi connectivity index (χ0n) is 23.4.